The van der Waals surface area contributed by atoms with Crippen molar-refractivity contribution in [3.8, 4) is 0 Å². The molecule has 0 aliphatic carbocycles. The Balaban J connectivity index is 3.27. The highest BCUT2D eigenvalue weighted by Crippen LogP contribution is 2.32. The van der Waals surface area contributed by atoms with Gasteiger partial charge in [-0.2, -0.15) is 8.78 Å². The molecule has 0 bridgehead atoms. The number of hydrogen-bond donors (Lipinski definition) is 2. The number of hydrogen-bond acceptors (Lipinski definition) is 2. The van der Waals surface area contributed by atoms with Gasteiger partial charge < -0.3 is 5.11 Å². The maximum Gasteiger partial charge on any atom is 0.298 e. The zero-order chi connectivity index (χ0) is 17.3. The van der Waals surface area contributed by atoms with E-state index in [2.05, 4.69) is 4.72 Å². The van der Waals surface area contributed by atoms with Crippen LogP contribution in [0.3, 0.4) is 0 Å². The molecule has 0 radical (unpaired) electrons. The van der Waals surface area contributed by atoms with Crippen molar-refractivity contribution in [3.63, 3.8) is 0 Å². The first-order valence-corrected chi connectivity index (χ1v) is 7.46. The molecule has 1 aromatic rings. The number of nitrogens with one attached hydrogen (secondary N) is 1. The minimum Gasteiger partial charge on any atom is -0.390 e. The number of aliphatic hydroxyl groups is 1. The van der Waals surface area contributed by atoms with E-state index in [0.717, 1.165) is 6.07 Å². The van der Waals surface area contributed by atoms with Gasteiger partial charge >= 0.3 is 0 Å². The Morgan fingerprint density at radius 1 is 1.43 bits per heavy atom. The lowest BCUT2D eigenvalue weighted by molar-refractivity contribution is -0.0584. The number of rotatable bonds is 5. The van der Waals surface area contributed by atoms with E-state index in [1.165, 1.54) is 19.1 Å². The van der Waals surface area contributed by atoms with Crippen LogP contribution in [0.2, 0.25) is 0 Å². The van der Waals surface area contributed by atoms with Crippen molar-refractivity contribution < 1.29 is 23.9 Å². The van der Waals surface area contributed by atoms with Crippen molar-refractivity contribution in [2.75, 3.05) is 6.61 Å². The minimum absolute atomic E-state index is 0.365. The summed E-state index contributed by atoms with van der Waals surface area (Å²) < 4.78 is 63.4. The Labute approximate surface area is 126 Å². The molecule has 120 valence electrons. The molecule has 0 amide bonds. The topological polar surface area (TPSA) is 49.3 Å². The van der Waals surface area contributed by atoms with Crippen molar-refractivity contribution >= 4 is 11.0 Å². The maximum absolute atomic E-state index is 14.3. The van der Waals surface area contributed by atoms with Crippen molar-refractivity contribution in [1.82, 2.24) is 4.72 Å². The summed E-state index contributed by atoms with van der Waals surface area (Å²) in [6.07, 6.45) is 0. The van der Waals surface area contributed by atoms with Gasteiger partial charge in [-0.05, 0) is 33.8 Å². The van der Waals surface area contributed by atoms with Gasteiger partial charge in [0.2, 0.25) is 0 Å². The van der Waals surface area contributed by atoms with Crippen LogP contribution in [0.15, 0.2) is 18.2 Å². The fraction of sp³-hybridized carbons (Fsp3) is 0.571. The van der Waals surface area contributed by atoms with Crippen LogP contribution in [-0.4, -0.2) is 20.7 Å². The SMILES string of the molecule is [2H][C@@](C)(N[S@](=O)C(C)(C)C)c1cccc(C(F)(F)CO)c1F. The van der Waals surface area contributed by atoms with Gasteiger partial charge in [0.05, 0.1) is 22.7 Å². The smallest absolute Gasteiger partial charge is 0.298 e. The summed E-state index contributed by atoms with van der Waals surface area (Å²) in [4.78, 5) is 0. The van der Waals surface area contributed by atoms with E-state index in [4.69, 9.17) is 6.48 Å². The van der Waals surface area contributed by atoms with Crippen LogP contribution in [0.4, 0.5) is 13.2 Å². The predicted octanol–water partition coefficient (Wildman–Crippen LogP) is 3.02. The van der Waals surface area contributed by atoms with Crippen LogP contribution >= 0.6 is 0 Å². The Morgan fingerprint density at radius 3 is 2.48 bits per heavy atom. The van der Waals surface area contributed by atoms with E-state index in [0.29, 0.717) is 0 Å². The van der Waals surface area contributed by atoms with E-state index >= 15 is 0 Å². The molecule has 2 atom stereocenters. The molecule has 0 unspecified atom stereocenters. The molecule has 0 saturated carbocycles. The highest BCUT2D eigenvalue weighted by molar-refractivity contribution is 7.84. The summed E-state index contributed by atoms with van der Waals surface area (Å²) in [6.45, 7) is 4.69. The van der Waals surface area contributed by atoms with Gasteiger partial charge in [0.25, 0.3) is 5.92 Å². The number of aliphatic hydroxyl groups excluding tert-OH is 1. The minimum atomic E-state index is -3.75. The molecule has 0 aliphatic rings. The monoisotopic (exact) mass is 324 g/mol. The van der Waals surface area contributed by atoms with E-state index in [1.807, 2.05) is 0 Å². The quantitative estimate of drug-likeness (QED) is 0.875. The molecule has 0 heterocycles. The van der Waals surface area contributed by atoms with Gasteiger partial charge in [0.15, 0.2) is 0 Å². The molecule has 0 spiro atoms. The molecule has 0 fully saturated rings. The van der Waals surface area contributed by atoms with Gasteiger partial charge in [-0.3, -0.25) is 0 Å². The second kappa shape index (κ2) is 6.46. The molecular weight excluding hydrogens is 303 g/mol. The van der Waals surface area contributed by atoms with Gasteiger partial charge in [-0.1, -0.05) is 12.1 Å². The average molecular weight is 324 g/mol. The lowest BCUT2D eigenvalue weighted by Gasteiger charge is -2.23. The highest BCUT2D eigenvalue weighted by Gasteiger charge is 2.35. The van der Waals surface area contributed by atoms with E-state index in [-0.39, 0.29) is 5.56 Å². The fourth-order valence-corrected chi connectivity index (χ4v) is 2.23. The lowest BCUT2D eigenvalue weighted by atomic mass is 10.0. The zero-order valence-corrected chi connectivity index (χ0v) is 13.2. The van der Waals surface area contributed by atoms with E-state index in [1.54, 1.807) is 20.8 Å². The first-order chi connectivity index (χ1) is 9.83. The molecule has 0 saturated heterocycles. The number of alkyl halides is 2. The Kier molecular flexibility index (Phi) is 5.06. The number of halogens is 3. The third-order valence-corrected chi connectivity index (χ3v) is 4.40. The maximum atomic E-state index is 14.3. The van der Waals surface area contributed by atoms with Crippen LogP contribution in [0.1, 0.15) is 46.2 Å². The molecule has 0 aromatic heterocycles. The molecule has 2 N–H and O–H groups in total. The van der Waals surface area contributed by atoms with Crippen LogP contribution in [0, 0.1) is 5.82 Å². The zero-order valence-electron chi connectivity index (χ0n) is 13.3. The highest BCUT2D eigenvalue weighted by atomic mass is 32.2. The summed E-state index contributed by atoms with van der Waals surface area (Å²) in [5.41, 5.74) is -1.36. The van der Waals surface area contributed by atoms with Crippen molar-refractivity contribution in [2.24, 2.45) is 0 Å². The number of benzene rings is 1. The first-order valence-electron chi connectivity index (χ1n) is 6.81. The summed E-state index contributed by atoms with van der Waals surface area (Å²) >= 11 is 0. The first kappa shape index (κ1) is 16.5. The van der Waals surface area contributed by atoms with Gasteiger partial charge in [-0.15, -0.1) is 0 Å². The normalized spacial score (nSPS) is 18.0. The van der Waals surface area contributed by atoms with Crippen LogP contribution in [0.25, 0.3) is 0 Å². The van der Waals surface area contributed by atoms with Crippen molar-refractivity contribution in [3.05, 3.63) is 35.1 Å². The summed E-state index contributed by atoms with van der Waals surface area (Å²) in [6, 6.07) is 1.33. The predicted molar refractivity (Wildman–Crippen MR) is 76.8 cm³/mol. The summed E-state index contributed by atoms with van der Waals surface area (Å²) in [5, 5.41) is 8.69. The molecule has 1 rings (SSSR count). The third kappa shape index (κ3) is 4.28. The van der Waals surface area contributed by atoms with Gasteiger partial charge in [0.1, 0.15) is 12.4 Å². The molecule has 1 aromatic carbocycles. The molecular formula is C14H20F3NO2S. The lowest BCUT2D eigenvalue weighted by Crippen LogP contribution is -2.35. The van der Waals surface area contributed by atoms with Gasteiger partial charge in [0, 0.05) is 11.6 Å². The van der Waals surface area contributed by atoms with Crippen molar-refractivity contribution in [2.45, 2.75) is 44.4 Å². The third-order valence-electron chi connectivity index (χ3n) is 2.80. The van der Waals surface area contributed by atoms with E-state index in [9.17, 15) is 17.4 Å². The fourth-order valence-electron chi connectivity index (χ4n) is 1.54. The Bertz CT molecular complexity index is 574. The molecule has 21 heavy (non-hydrogen) atoms. The van der Waals surface area contributed by atoms with E-state index < -0.39 is 45.7 Å². The van der Waals surface area contributed by atoms with Crippen LogP contribution in [-0.2, 0) is 16.9 Å². The summed E-state index contributed by atoms with van der Waals surface area (Å²) in [7, 11) is -1.69. The standard InChI is InChI=1S/C14H20F3NO2S/c1-9(18-21(20)13(2,3)4)10-6-5-7-11(12(10)15)14(16,17)8-19/h5-7,9,18-19H,8H2,1-4H3/t9-,21+/m0/s1/i9D. The molecule has 7 heteroatoms. The van der Waals surface area contributed by atoms with Crippen molar-refractivity contribution in [1.29, 1.82) is 0 Å². The average Bonchev–Trinajstić information content (AvgIpc) is 2.36. The van der Waals surface area contributed by atoms with Crippen LogP contribution < -0.4 is 4.72 Å². The van der Waals surface area contributed by atoms with Crippen LogP contribution in [0.5, 0.6) is 0 Å². The second-order valence-corrected chi connectivity index (χ2v) is 7.60. The summed E-state index contributed by atoms with van der Waals surface area (Å²) in [5.74, 6) is -5.04. The Morgan fingerprint density at radius 2 is 2.00 bits per heavy atom. The largest absolute Gasteiger partial charge is 0.390 e. The molecule has 3 nitrogen and oxygen atoms in total. The second-order valence-electron chi connectivity index (χ2n) is 5.64. The van der Waals surface area contributed by atoms with Gasteiger partial charge in [-0.25, -0.2) is 13.3 Å². The Hall–Kier alpha value is -0.920. The molecule has 0 aliphatic heterocycles.